The number of likely N-dealkylation sites (tertiary alicyclic amines) is 1. The lowest BCUT2D eigenvalue weighted by Crippen LogP contribution is -2.42. The maximum absolute atomic E-state index is 11.5. The molecule has 0 aliphatic carbocycles. The number of aromatic nitrogens is 1. The Balaban J connectivity index is 2.18. The minimum absolute atomic E-state index is 0.217. The predicted molar refractivity (Wildman–Crippen MR) is 103 cm³/mol. The van der Waals surface area contributed by atoms with E-state index in [0.29, 0.717) is 23.7 Å². The number of alkyl halides is 1. The van der Waals surface area contributed by atoms with E-state index >= 15 is 0 Å². The Hall–Kier alpha value is -1.85. The maximum Gasteiger partial charge on any atom is 0.408 e. The van der Waals surface area contributed by atoms with Gasteiger partial charge >= 0.3 is 6.09 Å². The highest BCUT2D eigenvalue weighted by Crippen LogP contribution is 2.47. The lowest BCUT2D eigenvalue weighted by molar-refractivity contribution is 0.150. The van der Waals surface area contributed by atoms with Gasteiger partial charge in [0.25, 0.3) is 0 Å². The van der Waals surface area contributed by atoms with Gasteiger partial charge in [0.05, 0.1) is 15.8 Å². The fourth-order valence-electron chi connectivity index (χ4n) is 3.45. The zero-order chi connectivity index (χ0) is 18.0. The van der Waals surface area contributed by atoms with Crippen LogP contribution in [0.4, 0.5) is 4.79 Å². The van der Waals surface area contributed by atoms with Gasteiger partial charge in [0.15, 0.2) is 0 Å². The summed E-state index contributed by atoms with van der Waals surface area (Å²) in [5, 5.41) is 20.3. The van der Waals surface area contributed by atoms with Crippen LogP contribution in [0.15, 0.2) is 48.7 Å². The second-order valence-electron chi connectivity index (χ2n) is 5.89. The Morgan fingerprint density at radius 3 is 2.60 bits per heavy atom. The zero-order valence-corrected chi connectivity index (χ0v) is 16.1. The van der Waals surface area contributed by atoms with Gasteiger partial charge in [-0.15, -0.1) is 0 Å². The van der Waals surface area contributed by atoms with Crippen LogP contribution in [0.3, 0.4) is 0 Å². The van der Waals surface area contributed by atoms with Crippen molar-refractivity contribution in [3.05, 3.63) is 64.9 Å². The molecule has 2 aromatic rings. The van der Waals surface area contributed by atoms with Crippen LogP contribution in [-0.4, -0.2) is 31.7 Å². The molecule has 1 amide bonds. The molecule has 25 heavy (non-hydrogen) atoms. The topological polar surface area (TPSA) is 77.2 Å². The molecule has 2 heterocycles. The highest BCUT2D eigenvalue weighted by Gasteiger charge is 2.52. The molecule has 0 saturated carbocycles. The van der Waals surface area contributed by atoms with Crippen molar-refractivity contribution in [1.29, 1.82) is 5.26 Å². The van der Waals surface area contributed by atoms with Crippen LogP contribution in [0.25, 0.3) is 0 Å². The highest BCUT2D eigenvalue weighted by molar-refractivity contribution is 14.1. The Labute approximate surface area is 164 Å². The van der Waals surface area contributed by atoms with Gasteiger partial charge in [-0.2, -0.15) is 5.26 Å². The van der Waals surface area contributed by atoms with E-state index in [4.69, 9.17) is 11.6 Å². The molecule has 3 rings (SSSR count). The lowest BCUT2D eigenvalue weighted by Gasteiger charge is -2.35. The predicted octanol–water partition coefficient (Wildman–Crippen LogP) is 4.31. The summed E-state index contributed by atoms with van der Waals surface area (Å²) in [4.78, 5) is 17.3. The maximum atomic E-state index is 11.5. The third-order valence-electron chi connectivity index (χ3n) is 4.66. The van der Waals surface area contributed by atoms with Crippen molar-refractivity contribution < 1.29 is 9.90 Å². The fraction of sp³-hybridized carbons (Fsp3) is 0.278. The molecule has 0 spiro atoms. The molecule has 128 valence electrons. The summed E-state index contributed by atoms with van der Waals surface area (Å²) in [7, 11) is 0. The van der Waals surface area contributed by atoms with Crippen molar-refractivity contribution in [2.75, 3.05) is 6.54 Å². The number of halogens is 2. The van der Waals surface area contributed by atoms with Gasteiger partial charge in [-0.25, -0.2) is 4.79 Å². The number of hydrogen-bond acceptors (Lipinski definition) is 3. The average Bonchev–Trinajstić information content (AvgIpc) is 3.01. The Morgan fingerprint density at radius 2 is 2.08 bits per heavy atom. The third kappa shape index (κ3) is 3.07. The van der Waals surface area contributed by atoms with Crippen molar-refractivity contribution in [2.24, 2.45) is 5.92 Å². The van der Waals surface area contributed by atoms with E-state index < -0.39 is 11.5 Å². The number of carboxylic acid groups (broad SMARTS) is 1. The number of carbonyl (C=O) groups is 1. The van der Waals surface area contributed by atoms with E-state index in [0.717, 1.165) is 5.56 Å². The largest absolute Gasteiger partial charge is 0.465 e. The molecular formula is C18H15ClIN3O2. The van der Waals surface area contributed by atoms with Crippen LogP contribution in [0, 0.1) is 17.2 Å². The van der Waals surface area contributed by atoms with Crippen molar-refractivity contribution in [3.63, 3.8) is 0 Å². The first-order valence-electron chi connectivity index (χ1n) is 7.73. The average molecular weight is 468 g/mol. The smallest absolute Gasteiger partial charge is 0.408 e. The minimum atomic E-state index is -1.04. The van der Waals surface area contributed by atoms with E-state index in [1.807, 2.05) is 24.3 Å². The van der Waals surface area contributed by atoms with E-state index in [-0.39, 0.29) is 9.97 Å². The molecule has 1 aliphatic heterocycles. The molecule has 1 aromatic carbocycles. The number of pyridine rings is 1. The summed E-state index contributed by atoms with van der Waals surface area (Å²) in [5.74, 6) is -0.217. The Bertz CT molecular complexity index is 809. The summed E-state index contributed by atoms with van der Waals surface area (Å²) < 4.78 is -0.326. The Morgan fingerprint density at radius 1 is 1.36 bits per heavy atom. The summed E-state index contributed by atoms with van der Waals surface area (Å²) in [5.41, 5.74) is 0.359. The van der Waals surface area contributed by atoms with Crippen LogP contribution in [0.2, 0.25) is 5.02 Å². The first-order chi connectivity index (χ1) is 12.0. The molecule has 3 atom stereocenters. The van der Waals surface area contributed by atoms with Gasteiger partial charge in [-0.1, -0.05) is 52.4 Å². The summed E-state index contributed by atoms with van der Waals surface area (Å²) in [6.07, 6.45) is 1.28. The van der Waals surface area contributed by atoms with Crippen LogP contribution >= 0.6 is 34.2 Å². The molecule has 7 heteroatoms. The normalized spacial score (nSPS) is 22.2. The van der Waals surface area contributed by atoms with Gasteiger partial charge in [0.1, 0.15) is 5.41 Å². The second-order valence-corrected chi connectivity index (χ2v) is 7.60. The monoisotopic (exact) mass is 467 g/mol. The molecule has 1 aliphatic rings. The zero-order valence-electron chi connectivity index (χ0n) is 13.1. The van der Waals surface area contributed by atoms with Gasteiger partial charge in [-0.3, -0.25) is 9.88 Å². The molecule has 3 unspecified atom stereocenters. The molecule has 1 saturated heterocycles. The number of benzene rings is 1. The number of rotatable bonds is 3. The standard InChI is InChI=1S/C18H15ClIN3O2/c19-13-6-4-12(5-7-13)18(11-21,15-3-1-2-9-22-15)14-8-10-23(16(14)20)17(24)25/h1-7,9,14,16H,8,10H2,(H,24,25). The van der Waals surface area contributed by atoms with Crippen LogP contribution in [-0.2, 0) is 5.41 Å². The summed E-state index contributed by atoms with van der Waals surface area (Å²) in [6.45, 7) is 0.400. The lowest BCUT2D eigenvalue weighted by atomic mass is 9.68. The van der Waals surface area contributed by atoms with Crippen molar-refractivity contribution in [3.8, 4) is 6.07 Å². The third-order valence-corrected chi connectivity index (χ3v) is 6.45. The van der Waals surface area contributed by atoms with Crippen molar-refractivity contribution in [1.82, 2.24) is 9.88 Å². The van der Waals surface area contributed by atoms with Gasteiger partial charge in [0, 0.05) is 23.7 Å². The number of amides is 1. The number of hydrogen-bond donors (Lipinski definition) is 1. The number of nitrogens with zero attached hydrogens (tertiary/aromatic N) is 3. The minimum Gasteiger partial charge on any atom is -0.465 e. The first-order valence-corrected chi connectivity index (χ1v) is 9.35. The van der Waals surface area contributed by atoms with Gasteiger partial charge < -0.3 is 5.11 Å². The molecule has 0 bridgehead atoms. The van der Waals surface area contributed by atoms with E-state index in [1.54, 1.807) is 24.4 Å². The van der Waals surface area contributed by atoms with Gasteiger partial charge in [-0.05, 0) is 36.2 Å². The molecule has 1 N–H and O–H groups in total. The van der Waals surface area contributed by atoms with Crippen molar-refractivity contribution >= 4 is 40.3 Å². The van der Waals surface area contributed by atoms with Crippen LogP contribution in [0.1, 0.15) is 17.7 Å². The van der Waals surface area contributed by atoms with E-state index in [9.17, 15) is 15.2 Å². The molecule has 5 nitrogen and oxygen atoms in total. The van der Waals surface area contributed by atoms with Crippen LogP contribution < -0.4 is 0 Å². The van der Waals surface area contributed by atoms with E-state index in [1.165, 1.54) is 4.90 Å². The molecule has 0 radical (unpaired) electrons. The van der Waals surface area contributed by atoms with Crippen LogP contribution in [0.5, 0.6) is 0 Å². The highest BCUT2D eigenvalue weighted by atomic mass is 127. The quantitative estimate of drug-likeness (QED) is 0.415. The SMILES string of the molecule is N#CC(c1ccc(Cl)cc1)(c1ccccn1)C1CCN(C(=O)O)C1I. The van der Waals surface area contributed by atoms with Crippen molar-refractivity contribution in [2.45, 2.75) is 15.9 Å². The second kappa shape index (κ2) is 7.18. The molecular weight excluding hydrogens is 453 g/mol. The number of nitriles is 1. The molecule has 1 aromatic heterocycles. The van der Waals surface area contributed by atoms with Gasteiger partial charge in [0.2, 0.25) is 0 Å². The first kappa shape index (κ1) is 18.0. The Kier molecular flexibility index (Phi) is 5.16. The summed E-state index contributed by atoms with van der Waals surface area (Å²) in [6, 6.07) is 15.1. The fourth-order valence-corrected chi connectivity index (χ4v) is 4.99. The van der Waals surface area contributed by atoms with E-state index in [2.05, 4.69) is 33.6 Å². The molecule has 1 fully saturated rings. The summed E-state index contributed by atoms with van der Waals surface area (Å²) >= 11 is 8.14.